The summed E-state index contributed by atoms with van der Waals surface area (Å²) in [5.74, 6) is 1.26. The molecule has 0 saturated carbocycles. The lowest BCUT2D eigenvalue weighted by molar-refractivity contribution is -0.117. The smallest absolute Gasteiger partial charge is 0.222 e. The minimum Gasteiger partial charge on any atom is -0.478 e. The van der Waals surface area contributed by atoms with Gasteiger partial charge in [0.05, 0.1) is 11.3 Å². The molecule has 8 nitrogen and oxygen atoms in total. The molecule has 1 aliphatic heterocycles. The van der Waals surface area contributed by atoms with E-state index in [-0.39, 0.29) is 11.7 Å². The molecule has 1 amide bonds. The Morgan fingerprint density at radius 1 is 1.16 bits per heavy atom. The SMILES string of the molecule is CC(=O)NC(=N)c1cccc(OCCCN2CCN(c3nsc4ccccc34)CC2)n1. The number of fused-ring (bicyclic) bond motifs is 1. The molecule has 1 aromatic carbocycles. The number of nitrogens with one attached hydrogen (secondary N) is 2. The average Bonchev–Trinajstić information content (AvgIpc) is 3.21. The zero-order valence-electron chi connectivity index (χ0n) is 17.5. The molecular formula is C22H26N6O2S. The zero-order valence-corrected chi connectivity index (χ0v) is 18.3. The van der Waals surface area contributed by atoms with Crippen molar-refractivity contribution in [2.45, 2.75) is 13.3 Å². The minimum atomic E-state index is -0.291. The van der Waals surface area contributed by atoms with Crippen LogP contribution in [0, 0.1) is 5.41 Å². The van der Waals surface area contributed by atoms with Gasteiger partial charge >= 0.3 is 0 Å². The number of benzene rings is 1. The summed E-state index contributed by atoms with van der Waals surface area (Å²) in [7, 11) is 0. The molecule has 1 aliphatic rings. The number of nitrogens with zero attached hydrogens (tertiary/aromatic N) is 4. The number of carbonyl (C=O) groups excluding carboxylic acids is 1. The predicted octanol–water partition coefficient (Wildman–Crippen LogP) is 2.74. The average molecular weight is 439 g/mol. The van der Waals surface area contributed by atoms with E-state index in [0.717, 1.165) is 45.0 Å². The second-order valence-electron chi connectivity index (χ2n) is 7.45. The summed E-state index contributed by atoms with van der Waals surface area (Å²) in [6.45, 7) is 6.86. The molecular weight excluding hydrogens is 412 g/mol. The number of hydrogen-bond donors (Lipinski definition) is 2. The van der Waals surface area contributed by atoms with Crippen LogP contribution < -0.4 is 15.0 Å². The Hall–Kier alpha value is -3.04. The summed E-state index contributed by atoms with van der Waals surface area (Å²) in [6.07, 6.45) is 0.898. The Bertz CT molecular complexity index is 1060. The van der Waals surface area contributed by atoms with Crippen molar-refractivity contribution in [1.82, 2.24) is 19.6 Å². The Morgan fingerprint density at radius 3 is 2.77 bits per heavy atom. The van der Waals surface area contributed by atoms with Gasteiger partial charge in [-0.2, -0.15) is 4.37 Å². The van der Waals surface area contributed by atoms with Crippen molar-refractivity contribution in [1.29, 1.82) is 5.41 Å². The van der Waals surface area contributed by atoms with Gasteiger partial charge in [-0.3, -0.25) is 15.1 Å². The molecule has 4 rings (SSSR count). The molecule has 0 unspecified atom stereocenters. The highest BCUT2D eigenvalue weighted by molar-refractivity contribution is 7.13. The van der Waals surface area contributed by atoms with Crippen LogP contribution in [-0.2, 0) is 4.79 Å². The summed E-state index contributed by atoms with van der Waals surface area (Å²) < 4.78 is 11.7. The molecule has 0 bridgehead atoms. The van der Waals surface area contributed by atoms with Crippen LogP contribution in [-0.4, -0.2) is 65.3 Å². The Kier molecular flexibility index (Phi) is 6.73. The number of ether oxygens (including phenoxy) is 1. The number of pyridine rings is 1. The van der Waals surface area contributed by atoms with Crippen LogP contribution in [0.2, 0.25) is 0 Å². The highest BCUT2D eigenvalue weighted by atomic mass is 32.1. The molecule has 0 aliphatic carbocycles. The number of anilines is 1. The van der Waals surface area contributed by atoms with Crippen LogP contribution in [0.15, 0.2) is 42.5 Å². The third-order valence-electron chi connectivity index (χ3n) is 5.18. The summed E-state index contributed by atoms with van der Waals surface area (Å²) in [5, 5.41) is 11.5. The van der Waals surface area contributed by atoms with E-state index >= 15 is 0 Å². The van der Waals surface area contributed by atoms with Gasteiger partial charge in [0.2, 0.25) is 11.8 Å². The maximum Gasteiger partial charge on any atom is 0.222 e. The van der Waals surface area contributed by atoms with Gasteiger partial charge in [-0.15, -0.1) is 0 Å². The first-order valence-electron chi connectivity index (χ1n) is 10.4. The molecule has 1 saturated heterocycles. The summed E-state index contributed by atoms with van der Waals surface area (Å²) >= 11 is 1.57. The number of carbonyl (C=O) groups is 1. The first-order chi connectivity index (χ1) is 15.1. The minimum absolute atomic E-state index is 0.0243. The predicted molar refractivity (Wildman–Crippen MR) is 123 cm³/mol. The van der Waals surface area contributed by atoms with E-state index in [4.69, 9.17) is 10.1 Å². The first-order valence-corrected chi connectivity index (χ1v) is 11.2. The normalized spacial score (nSPS) is 14.5. The van der Waals surface area contributed by atoms with Gasteiger partial charge in [0, 0.05) is 51.1 Å². The van der Waals surface area contributed by atoms with Crippen LogP contribution in [0.4, 0.5) is 5.82 Å². The van der Waals surface area contributed by atoms with Crippen LogP contribution in [0.3, 0.4) is 0 Å². The molecule has 0 radical (unpaired) electrons. The standard InChI is InChI=1S/C22H26N6O2S/c1-16(29)24-21(23)18-7-4-9-20(25-18)30-15-5-10-27-11-13-28(14-12-27)22-17-6-2-3-8-19(17)31-26-22/h2-4,6-9H,5,10-15H2,1H3,(H2,23,24,29). The van der Waals surface area contributed by atoms with Crippen molar-refractivity contribution in [3.63, 3.8) is 0 Å². The van der Waals surface area contributed by atoms with Gasteiger partial charge in [0.25, 0.3) is 0 Å². The fourth-order valence-corrected chi connectivity index (χ4v) is 4.42. The monoisotopic (exact) mass is 438 g/mol. The molecule has 2 N–H and O–H groups in total. The van der Waals surface area contributed by atoms with E-state index in [1.54, 1.807) is 29.7 Å². The van der Waals surface area contributed by atoms with Crippen molar-refractivity contribution in [3.05, 3.63) is 48.2 Å². The number of rotatable bonds is 7. The van der Waals surface area contributed by atoms with E-state index in [9.17, 15) is 4.79 Å². The van der Waals surface area contributed by atoms with Gasteiger partial charge in [-0.05, 0) is 36.2 Å². The Balaban J connectivity index is 1.20. The van der Waals surface area contributed by atoms with Crippen molar-refractivity contribution in [3.8, 4) is 5.88 Å². The van der Waals surface area contributed by atoms with Gasteiger partial charge in [-0.25, -0.2) is 4.98 Å². The fourth-order valence-electron chi connectivity index (χ4n) is 3.62. The zero-order chi connectivity index (χ0) is 21.6. The lowest BCUT2D eigenvalue weighted by Crippen LogP contribution is -2.47. The second kappa shape index (κ2) is 9.84. The maximum atomic E-state index is 11.1. The Morgan fingerprint density at radius 2 is 1.97 bits per heavy atom. The molecule has 3 heterocycles. The van der Waals surface area contributed by atoms with E-state index in [2.05, 4.69) is 48.7 Å². The van der Waals surface area contributed by atoms with Crippen molar-refractivity contribution in [2.75, 3.05) is 44.2 Å². The summed E-state index contributed by atoms with van der Waals surface area (Å²) in [4.78, 5) is 20.2. The van der Waals surface area contributed by atoms with Gasteiger partial charge in [-0.1, -0.05) is 18.2 Å². The van der Waals surface area contributed by atoms with Crippen LogP contribution in [0.1, 0.15) is 19.0 Å². The van der Waals surface area contributed by atoms with Crippen LogP contribution in [0.25, 0.3) is 10.1 Å². The number of aromatic nitrogens is 2. The molecule has 0 spiro atoms. The number of amidine groups is 1. The van der Waals surface area contributed by atoms with Crippen LogP contribution in [0.5, 0.6) is 5.88 Å². The highest BCUT2D eigenvalue weighted by Gasteiger charge is 2.20. The Labute approximate surface area is 185 Å². The lowest BCUT2D eigenvalue weighted by Gasteiger charge is -2.35. The molecule has 9 heteroatoms. The lowest BCUT2D eigenvalue weighted by atomic mass is 10.2. The van der Waals surface area contributed by atoms with Crippen molar-refractivity contribution >= 4 is 39.2 Å². The molecule has 31 heavy (non-hydrogen) atoms. The van der Waals surface area contributed by atoms with E-state index in [1.807, 2.05) is 0 Å². The molecule has 3 aromatic rings. The van der Waals surface area contributed by atoms with E-state index < -0.39 is 0 Å². The van der Waals surface area contributed by atoms with E-state index in [1.165, 1.54) is 17.0 Å². The first kappa shape index (κ1) is 21.2. The number of amides is 1. The third kappa shape index (κ3) is 5.36. The van der Waals surface area contributed by atoms with Crippen LogP contribution >= 0.6 is 11.5 Å². The number of hydrogen-bond acceptors (Lipinski definition) is 8. The fraction of sp³-hybridized carbons (Fsp3) is 0.364. The summed E-state index contributed by atoms with van der Waals surface area (Å²) in [5.41, 5.74) is 0.387. The number of piperazine rings is 1. The highest BCUT2D eigenvalue weighted by Crippen LogP contribution is 2.29. The van der Waals surface area contributed by atoms with Crippen molar-refractivity contribution in [2.24, 2.45) is 0 Å². The van der Waals surface area contributed by atoms with Gasteiger partial charge < -0.3 is 15.0 Å². The quantitative estimate of drug-likeness (QED) is 0.335. The topological polar surface area (TPSA) is 94.4 Å². The molecule has 162 valence electrons. The summed E-state index contributed by atoms with van der Waals surface area (Å²) in [6, 6.07) is 13.6. The molecule has 2 aromatic heterocycles. The van der Waals surface area contributed by atoms with Crippen molar-refractivity contribution < 1.29 is 9.53 Å². The third-order valence-corrected chi connectivity index (χ3v) is 6.00. The van der Waals surface area contributed by atoms with E-state index in [0.29, 0.717) is 18.2 Å². The second-order valence-corrected chi connectivity index (χ2v) is 8.26. The molecule has 1 fully saturated rings. The molecule has 0 atom stereocenters. The maximum absolute atomic E-state index is 11.1. The largest absolute Gasteiger partial charge is 0.478 e. The van der Waals surface area contributed by atoms with Gasteiger partial charge in [0.15, 0.2) is 5.84 Å². The van der Waals surface area contributed by atoms with Gasteiger partial charge in [0.1, 0.15) is 11.5 Å².